The molecular weight excluding hydrogens is 186 g/mol. The first kappa shape index (κ1) is 11.3. The van der Waals surface area contributed by atoms with Gasteiger partial charge in [-0.15, -0.1) is 0 Å². The first-order valence-electron chi connectivity index (χ1n) is 4.73. The van der Waals surface area contributed by atoms with Gasteiger partial charge in [0.2, 0.25) is 0 Å². The molecule has 1 rings (SSSR count). The molecule has 1 amide bonds. The Labute approximate surface area is 83.1 Å². The molecule has 0 aromatic rings. The van der Waals surface area contributed by atoms with E-state index >= 15 is 0 Å². The Morgan fingerprint density at radius 3 is 2.50 bits per heavy atom. The van der Waals surface area contributed by atoms with Crippen LogP contribution in [0, 0.1) is 0 Å². The number of ether oxygens (including phenoxy) is 1. The summed E-state index contributed by atoms with van der Waals surface area (Å²) in [5, 5.41) is 20.5. The van der Waals surface area contributed by atoms with Gasteiger partial charge in [-0.25, -0.2) is 4.79 Å². The van der Waals surface area contributed by atoms with Gasteiger partial charge in [0.1, 0.15) is 0 Å². The molecular formula is C9H17NO4. The molecule has 0 unspecified atom stereocenters. The second-order valence-corrected chi connectivity index (χ2v) is 4.20. The smallest absolute Gasteiger partial charge is 0.404 e. The molecule has 0 spiro atoms. The lowest BCUT2D eigenvalue weighted by molar-refractivity contribution is -0.114. The number of aliphatic hydroxyl groups is 1. The van der Waals surface area contributed by atoms with Crippen molar-refractivity contribution < 1.29 is 19.7 Å². The summed E-state index contributed by atoms with van der Waals surface area (Å²) in [5.41, 5.74) is -0.853. The van der Waals surface area contributed by atoms with Gasteiger partial charge in [-0.3, -0.25) is 0 Å². The maximum absolute atomic E-state index is 10.3. The molecule has 3 N–H and O–H groups in total. The quantitative estimate of drug-likeness (QED) is 0.613. The van der Waals surface area contributed by atoms with Crippen molar-refractivity contribution in [3.63, 3.8) is 0 Å². The SMILES string of the molecule is CC(C)(O)[C@@H]1CC[C@@H](NC(=O)O)CO1. The molecule has 1 aliphatic rings. The van der Waals surface area contributed by atoms with Crippen molar-refractivity contribution in [2.24, 2.45) is 0 Å². The van der Waals surface area contributed by atoms with Crippen LogP contribution in [0.15, 0.2) is 0 Å². The van der Waals surface area contributed by atoms with E-state index in [1.807, 2.05) is 0 Å². The Bertz CT molecular complexity index is 203. The summed E-state index contributed by atoms with van der Waals surface area (Å²) in [6.45, 7) is 3.73. The molecule has 82 valence electrons. The Morgan fingerprint density at radius 1 is 1.50 bits per heavy atom. The second-order valence-electron chi connectivity index (χ2n) is 4.20. The summed E-state index contributed by atoms with van der Waals surface area (Å²) in [4.78, 5) is 10.3. The van der Waals surface area contributed by atoms with E-state index in [2.05, 4.69) is 5.32 Å². The van der Waals surface area contributed by atoms with Crippen LogP contribution in [-0.4, -0.2) is 40.7 Å². The minimum atomic E-state index is -1.03. The van der Waals surface area contributed by atoms with E-state index in [1.54, 1.807) is 13.8 Å². The fraction of sp³-hybridized carbons (Fsp3) is 0.889. The number of hydrogen-bond donors (Lipinski definition) is 3. The van der Waals surface area contributed by atoms with E-state index < -0.39 is 11.7 Å². The third-order valence-corrected chi connectivity index (χ3v) is 2.39. The van der Waals surface area contributed by atoms with Gasteiger partial charge in [0.05, 0.1) is 24.4 Å². The fourth-order valence-electron chi connectivity index (χ4n) is 1.60. The summed E-state index contributed by atoms with van der Waals surface area (Å²) >= 11 is 0. The zero-order valence-electron chi connectivity index (χ0n) is 8.49. The average Bonchev–Trinajstić information content (AvgIpc) is 2.02. The van der Waals surface area contributed by atoms with Crippen molar-refractivity contribution >= 4 is 6.09 Å². The number of carboxylic acid groups (broad SMARTS) is 1. The van der Waals surface area contributed by atoms with Crippen LogP contribution in [0.4, 0.5) is 4.79 Å². The highest BCUT2D eigenvalue weighted by molar-refractivity contribution is 5.64. The van der Waals surface area contributed by atoms with Gasteiger partial charge in [-0.05, 0) is 26.7 Å². The first-order chi connectivity index (χ1) is 6.39. The van der Waals surface area contributed by atoms with E-state index in [1.165, 1.54) is 0 Å². The van der Waals surface area contributed by atoms with Gasteiger partial charge < -0.3 is 20.3 Å². The molecule has 2 atom stereocenters. The monoisotopic (exact) mass is 203 g/mol. The third kappa shape index (κ3) is 3.16. The molecule has 0 aliphatic carbocycles. The Balaban J connectivity index is 2.35. The lowest BCUT2D eigenvalue weighted by Crippen LogP contribution is -2.48. The van der Waals surface area contributed by atoms with E-state index in [-0.39, 0.29) is 12.1 Å². The molecule has 1 heterocycles. The molecule has 5 heteroatoms. The lowest BCUT2D eigenvalue weighted by atomic mass is 9.93. The van der Waals surface area contributed by atoms with Gasteiger partial charge in [-0.1, -0.05) is 0 Å². The van der Waals surface area contributed by atoms with Crippen LogP contribution in [-0.2, 0) is 4.74 Å². The van der Waals surface area contributed by atoms with E-state index in [9.17, 15) is 9.90 Å². The van der Waals surface area contributed by atoms with E-state index in [0.29, 0.717) is 19.4 Å². The number of hydrogen-bond acceptors (Lipinski definition) is 3. The van der Waals surface area contributed by atoms with Gasteiger partial charge >= 0.3 is 6.09 Å². The fourth-order valence-corrected chi connectivity index (χ4v) is 1.60. The van der Waals surface area contributed by atoms with Gasteiger partial charge in [-0.2, -0.15) is 0 Å². The van der Waals surface area contributed by atoms with Crippen molar-refractivity contribution in [2.75, 3.05) is 6.61 Å². The van der Waals surface area contributed by atoms with Crippen LogP contribution in [0.1, 0.15) is 26.7 Å². The van der Waals surface area contributed by atoms with Gasteiger partial charge in [0.25, 0.3) is 0 Å². The highest BCUT2D eigenvalue weighted by atomic mass is 16.5. The van der Waals surface area contributed by atoms with Crippen LogP contribution in [0.3, 0.4) is 0 Å². The second kappa shape index (κ2) is 4.14. The molecule has 0 radical (unpaired) electrons. The summed E-state index contributed by atoms with van der Waals surface area (Å²) in [6, 6.07) is -0.147. The third-order valence-electron chi connectivity index (χ3n) is 2.39. The highest BCUT2D eigenvalue weighted by Crippen LogP contribution is 2.22. The van der Waals surface area contributed by atoms with Crippen molar-refractivity contribution in [1.82, 2.24) is 5.32 Å². The zero-order valence-corrected chi connectivity index (χ0v) is 8.49. The summed E-state index contributed by atoms with van der Waals surface area (Å²) in [7, 11) is 0. The van der Waals surface area contributed by atoms with Crippen LogP contribution >= 0.6 is 0 Å². The maximum Gasteiger partial charge on any atom is 0.404 e. The first-order valence-corrected chi connectivity index (χ1v) is 4.73. The van der Waals surface area contributed by atoms with Crippen LogP contribution in [0.25, 0.3) is 0 Å². The summed E-state index contributed by atoms with van der Waals surface area (Å²) < 4.78 is 5.38. The Morgan fingerprint density at radius 2 is 2.14 bits per heavy atom. The van der Waals surface area contributed by atoms with E-state index in [4.69, 9.17) is 9.84 Å². The molecule has 0 aromatic heterocycles. The van der Waals surface area contributed by atoms with Gasteiger partial charge in [0, 0.05) is 0 Å². The molecule has 0 bridgehead atoms. The molecule has 1 fully saturated rings. The Hall–Kier alpha value is -0.810. The number of carbonyl (C=O) groups is 1. The van der Waals surface area contributed by atoms with Crippen molar-refractivity contribution in [1.29, 1.82) is 0 Å². The maximum atomic E-state index is 10.3. The predicted octanol–water partition coefficient (Wildman–Crippen LogP) is 0.572. The molecule has 5 nitrogen and oxygen atoms in total. The minimum Gasteiger partial charge on any atom is -0.465 e. The number of nitrogens with one attached hydrogen (secondary N) is 1. The number of rotatable bonds is 2. The lowest BCUT2D eigenvalue weighted by Gasteiger charge is -2.35. The van der Waals surface area contributed by atoms with Crippen LogP contribution in [0.2, 0.25) is 0 Å². The Kier molecular flexibility index (Phi) is 3.34. The van der Waals surface area contributed by atoms with Crippen LogP contribution < -0.4 is 5.32 Å². The average molecular weight is 203 g/mol. The zero-order chi connectivity index (χ0) is 10.8. The number of amides is 1. The molecule has 0 aromatic carbocycles. The minimum absolute atomic E-state index is 0.147. The van der Waals surface area contributed by atoms with E-state index in [0.717, 1.165) is 0 Å². The molecule has 1 saturated heterocycles. The van der Waals surface area contributed by atoms with Crippen molar-refractivity contribution in [3.8, 4) is 0 Å². The van der Waals surface area contributed by atoms with Gasteiger partial charge in [0.15, 0.2) is 0 Å². The topological polar surface area (TPSA) is 78.8 Å². The summed E-state index contributed by atoms with van der Waals surface area (Å²) in [5.74, 6) is 0. The largest absolute Gasteiger partial charge is 0.465 e. The summed E-state index contributed by atoms with van der Waals surface area (Å²) in [6.07, 6.45) is 0.157. The normalized spacial score (nSPS) is 28.5. The van der Waals surface area contributed by atoms with Crippen molar-refractivity contribution in [2.45, 2.75) is 44.4 Å². The molecule has 0 saturated carbocycles. The predicted molar refractivity (Wildman–Crippen MR) is 50.2 cm³/mol. The standard InChI is InChI=1S/C9H17NO4/c1-9(2,13)7-4-3-6(5-14-7)10-8(11)12/h6-7,10,13H,3-5H2,1-2H3,(H,11,12)/t6-,7+/m1/s1. The molecule has 14 heavy (non-hydrogen) atoms. The highest BCUT2D eigenvalue weighted by Gasteiger charge is 2.32. The van der Waals surface area contributed by atoms with Crippen molar-refractivity contribution in [3.05, 3.63) is 0 Å². The van der Waals surface area contributed by atoms with Crippen LogP contribution in [0.5, 0.6) is 0 Å². The molecule has 1 aliphatic heterocycles.